The molecule has 9 heteroatoms. The molecule has 8 nitrogen and oxygen atoms in total. The van der Waals surface area contributed by atoms with Crippen LogP contribution in [0.15, 0.2) is 30.5 Å². The fourth-order valence-electron chi connectivity index (χ4n) is 2.81. The summed E-state index contributed by atoms with van der Waals surface area (Å²) in [4.78, 5) is 24.2. The molecule has 0 saturated carbocycles. The van der Waals surface area contributed by atoms with Gasteiger partial charge in [0.15, 0.2) is 5.69 Å². The topological polar surface area (TPSA) is 101 Å². The molecule has 0 atom stereocenters. The first kappa shape index (κ1) is 18.3. The Hall–Kier alpha value is -2.45. The van der Waals surface area contributed by atoms with E-state index in [-0.39, 0.29) is 36.6 Å². The second-order valence-electron chi connectivity index (χ2n) is 6.06. The van der Waals surface area contributed by atoms with E-state index in [4.69, 9.17) is 11.6 Å². The van der Waals surface area contributed by atoms with Crippen LogP contribution < -0.4 is 16.0 Å². The normalized spacial score (nSPS) is 14.8. The SMILES string of the molecule is O=C(NCCNC(=O)c1ccccc1Cl)c1cn(C2CCNCC2)nn1. The number of halogens is 1. The van der Waals surface area contributed by atoms with Gasteiger partial charge in [0.1, 0.15) is 0 Å². The van der Waals surface area contributed by atoms with E-state index in [1.165, 1.54) is 0 Å². The Kier molecular flexibility index (Phi) is 6.19. The van der Waals surface area contributed by atoms with E-state index >= 15 is 0 Å². The van der Waals surface area contributed by atoms with Gasteiger partial charge in [0, 0.05) is 13.1 Å². The minimum absolute atomic E-state index is 0.276. The Morgan fingerprint density at radius 1 is 1.15 bits per heavy atom. The van der Waals surface area contributed by atoms with Crippen LogP contribution >= 0.6 is 11.6 Å². The van der Waals surface area contributed by atoms with E-state index in [1.807, 2.05) is 0 Å². The standard InChI is InChI=1S/C17H21ClN6O2/c18-14-4-2-1-3-13(14)16(25)20-9-10-21-17(26)15-11-24(23-22-15)12-5-7-19-8-6-12/h1-4,11-12,19H,5-10H2,(H,20,25)(H,21,26). The van der Waals surface area contributed by atoms with Crippen molar-refractivity contribution in [1.29, 1.82) is 0 Å². The summed E-state index contributed by atoms with van der Waals surface area (Å²) in [5.41, 5.74) is 0.686. The number of piperidine rings is 1. The molecule has 1 fully saturated rings. The third-order valence-corrected chi connectivity index (χ3v) is 4.57. The van der Waals surface area contributed by atoms with Crippen molar-refractivity contribution in [3.8, 4) is 0 Å². The van der Waals surface area contributed by atoms with Crippen molar-refractivity contribution in [3.05, 3.63) is 46.7 Å². The lowest BCUT2D eigenvalue weighted by Gasteiger charge is -2.22. The zero-order chi connectivity index (χ0) is 18.4. The first-order chi connectivity index (χ1) is 12.6. The molecule has 0 radical (unpaired) electrons. The Morgan fingerprint density at radius 3 is 2.58 bits per heavy atom. The number of hydrogen-bond acceptors (Lipinski definition) is 5. The first-order valence-corrected chi connectivity index (χ1v) is 8.96. The number of carbonyl (C=O) groups is 2. The molecule has 138 valence electrons. The average molecular weight is 377 g/mol. The summed E-state index contributed by atoms with van der Waals surface area (Å²) in [5, 5.41) is 17.1. The van der Waals surface area contributed by atoms with Crippen LogP contribution in [-0.2, 0) is 0 Å². The maximum absolute atomic E-state index is 12.1. The minimum Gasteiger partial charge on any atom is -0.350 e. The summed E-state index contributed by atoms with van der Waals surface area (Å²) in [5.74, 6) is -0.584. The predicted octanol–water partition coefficient (Wildman–Crippen LogP) is 1.02. The van der Waals surface area contributed by atoms with Gasteiger partial charge in [0.05, 0.1) is 22.8 Å². The molecular weight excluding hydrogens is 356 g/mol. The highest BCUT2D eigenvalue weighted by Gasteiger charge is 2.18. The fraction of sp³-hybridized carbons (Fsp3) is 0.412. The van der Waals surface area contributed by atoms with Crippen molar-refractivity contribution in [2.45, 2.75) is 18.9 Å². The van der Waals surface area contributed by atoms with Gasteiger partial charge in [0.2, 0.25) is 0 Å². The Morgan fingerprint density at radius 2 is 1.85 bits per heavy atom. The molecule has 3 rings (SSSR count). The van der Waals surface area contributed by atoms with Gasteiger partial charge < -0.3 is 16.0 Å². The molecule has 0 spiro atoms. The van der Waals surface area contributed by atoms with Crippen molar-refractivity contribution in [2.24, 2.45) is 0 Å². The van der Waals surface area contributed by atoms with Crippen molar-refractivity contribution < 1.29 is 9.59 Å². The van der Waals surface area contributed by atoms with E-state index in [1.54, 1.807) is 35.1 Å². The maximum atomic E-state index is 12.1. The van der Waals surface area contributed by atoms with Crippen LogP contribution in [0.1, 0.15) is 39.7 Å². The molecule has 1 aromatic carbocycles. The number of aromatic nitrogens is 3. The number of benzene rings is 1. The molecular formula is C17H21ClN6O2. The van der Waals surface area contributed by atoms with Gasteiger partial charge in [-0.25, -0.2) is 4.68 Å². The number of rotatable bonds is 6. The second kappa shape index (κ2) is 8.77. The summed E-state index contributed by atoms with van der Waals surface area (Å²) >= 11 is 5.98. The van der Waals surface area contributed by atoms with E-state index in [0.717, 1.165) is 25.9 Å². The van der Waals surface area contributed by atoms with Crippen LogP contribution in [-0.4, -0.2) is 53.0 Å². The molecule has 2 aromatic rings. The summed E-state index contributed by atoms with van der Waals surface area (Å²) in [6.45, 7) is 2.46. The molecule has 2 amide bonds. The highest BCUT2D eigenvalue weighted by molar-refractivity contribution is 6.33. The average Bonchev–Trinajstić information content (AvgIpc) is 3.16. The van der Waals surface area contributed by atoms with Gasteiger partial charge in [-0.2, -0.15) is 0 Å². The number of amides is 2. The Bertz CT molecular complexity index is 772. The largest absolute Gasteiger partial charge is 0.350 e. The Labute approximate surface area is 156 Å². The maximum Gasteiger partial charge on any atom is 0.273 e. The van der Waals surface area contributed by atoms with Crippen molar-refractivity contribution in [2.75, 3.05) is 26.2 Å². The van der Waals surface area contributed by atoms with Crippen LogP contribution in [0.3, 0.4) is 0 Å². The molecule has 1 saturated heterocycles. The molecule has 1 aromatic heterocycles. The summed E-state index contributed by atoms with van der Waals surface area (Å²) in [7, 11) is 0. The lowest BCUT2D eigenvalue weighted by molar-refractivity contribution is 0.0925. The van der Waals surface area contributed by atoms with Crippen molar-refractivity contribution in [1.82, 2.24) is 30.9 Å². The van der Waals surface area contributed by atoms with Gasteiger partial charge >= 0.3 is 0 Å². The van der Waals surface area contributed by atoms with E-state index in [9.17, 15) is 9.59 Å². The van der Waals surface area contributed by atoms with Crippen LogP contribution in [0, 0.1) is 0 Å². The number of carbonyl (C=O) groups excluding carboxylic acids is 2. The summed E-state index contributed by atoms with van der Waals surface area (Å²) in [6, 6.07) is 7.09. The molecule has 1 aliphatic rings. The lowest BCUT2D eigenvalue weighted by atomic mass is 10.1. The van der Waals surface area contributed by atoms with Crippen LogP contribution in [0.2, 0.25) is 5.02 Å². The first-order valence-electron chi connectivity index (χ1n) is 8.58. The fourth-order valence-corrected chi connectivity index (χ4v) is 3.04. The highest BCUT2D eigenvalue weighted by Crippen LogP contribution is 2.17. The molecule has 3 N–H and O–H groups in total. The molecule has 26 heavy (non-hydrogen) atoms. The number of nitrogens with zero attached hydrogens (tertiary/aromatic N) is 3. The van der Waals surface area contributed by atoms with E-state index < -0.39 is 0 Å². The lowest BCUT2D eigenvalue weighted by Crippen LogP contribution is -2.35. The molecule has 0 bridgehead atoms. The minimum atomic E-state index is -0.308. The summed E-state index contributed by atoms with van der Waals surface area (Å²) < 4.78 is 1.76. The third-order valence-electron chi connectivity index (χ3n) is 4.24. The molecule has 1 aliphatic heterocycles. The smallest absolute Gasteiger partial charge is 0.273 e. The van der Waals surface area contributed by atoms with Gasteiger partial charge in [0.25, 0.3) is 11.8 Å². The van der Waals surface area contributed by atoms with E-state index in [0.29, 0.717) is 10.6 Å². The summed E-state index contributed by atoms with van der Waals surface area (Å²) in [6.07, 6.45) is 3.62. The molecule has 2 heterocycles. The zero-order valence-electron chi connectivity index (χ0n) is 14.2. The number of hydrogen-bond donors (Lipinski definition) is 3. The van der Waals surface area contributed by atoms with Gasteiger partial charge in [-0.1, -0.05) is 28.9 Å². The monoisotopic (exact) mass is 376 g/mol. The third kappa shape index (κ3) is 4.59. The van der Waals surface area contributed by atoms with Crippen molar-refractivity contribution >= 4 is 23.4 Å². The van der Waals surface area contributed by atoms with E-state index in [2.05, 4.69) is 26.3 Å². The van der Waals surface area contributed by atoms with Gasteiger partial charge in [-0.05, 0) is 38.1 Å². The number of nitrogens with one attached hydrogen (secondary N) is 3. The van der Waals surface area contributed by atoms with Gasteiger partial charge in [-0.15, -0.1) is 5.10 Å². The Balaban J connectivity index is 1.43. The predicted molar refractivity (Wildman–Crippen MR) is 97.3 cm³/mol. The highest BCUT2D eigenvalue weighted by atomic mass is 35.5. The molecule has 0 unspecified atom stereocenters. The second-order valence-corrected chi connectivity index (χ2v) is 6.46. The van der Waals surface area contributed by atoms with Crippen LogP contribution in [0.4, 0.5) is 0 Å². The van der Waals surface area contributed by atoms with Crippen LogP contribution in [0.25, 0.3) is 0 Å². The zero-order valence-corrected chi connectivity index (χ0v) is 15.0. The van der Waals surface area contributed by atoms with Gasteiger partial charge in [-0.3, -0.25) is 9.59 Å². The molecule has 0 aliphatic carbocycles. The van der Waals surface area contributed by atoms with Crippen LogP contribution in [0.5, 0.6) is 0 Å². The quantitative estimate of drug-likeness (QED) is 0.653. The van der Waals surface area contributed by atoms with Crippen molar-refractivity contribution in [3.63, 3.8) is 0 Å².